The minimum Gasteiger partial charge on any atom is -0.385 e. The lowest BCUT2D eigenvalue weighted by molar-refractivity contribution is 0.831. The lowest BCUT2D eigenvalue weighted by atomic mass is 10.0. The molecule has 17 heavy (non-hydrogen) atoms. The molecule has 0 radical (unpaired) electrons. The number of nitriles is 1. The Morgan fingerprint density at radius 1 is 1.29 bits per heavy atom. The van der Waals surface area contributed by atoms with Crippen molar-refractivity contribution >= 4 is 16.6 Å². The Bertz CT molecular complexity index is 694. The molecule has 0 spiro atoms. The molecule has 84 valence electrons. The van der Waals surface area contributed by atoms with Gasteiger partial charge in [-0.05, 0) is 42.0 Å². The van der Waals surface area contributed by atoms with Gasteiger partial charge < -0.3 is 10.3 Å². The summed E-state index contributed by atoms with van der Waals surface area (Å²) in [6.45, 7) is 0.971. The second-order valence-corrected chi connectivity index (χ2v) is 4.25. The molecule has 0 amide bonds. The van der Waals surface area contributed by atoms with Crippen LogP contribution in [0.2, 0.25) is 0 Å². The summed E-state index contributed by atoms with van der Waals surface area (Å²) in [5.41, 5.74) is 2.96. The quantitative estimate of drug-likeness (QED) is 0.717. The van der Waals surface area contributed by atoms with E-state index in [0.717, 1.165) is 36.0 Å². The molecule has 1 aliphatic rings. The zero-order chi connectivity index (χ0) is 11.8. The van der Waals surface area contributed by atoms with Crippen molar-refractivity contribution in [2.24, 2.45) is 0 Å². The highest BCUT2D eigenvalue weighted by atomic mass is 16.1. The van der Waals surface area contributed by atoms with Gasteiger partial charge >= 0.3 is 0 Å². The summed E-state index contributed by atoms with van der Waals surface area (Å²) >= 11 is 0. The van der Waals surface area contributed by atoms with Crippen LogP contribution >= 0.6 is 0 Å². The number of benzene rings is 1. The Kier molecular flexibility index (Phi) is 2.12. The third-order valence-corrected chi connectivity index (χ3v) is 3.13. The number of hydrogen-bond donors (Lipinski definition) is 2. The van der Waals surface area contributed by atoms with E-state index in [1.807, 2.05) is 18.2 Å². The molecular weight excluding hydrogens is 214 g/mol. The number of aromatic nitrogens is 1. The van der Waals surface area contributed by atoms with Gasteiger partial charge in [-0.2, -0.15) is 5.26 Å². The second kappa shape index (κ2) is 3.63. The molecule has 0 saturated carbocycles. The van der Waals surface area contributed by atoms with E-state index in [4.69, 9.17) is 5.26 Å². The Hall–Kier alpha value is -2.28. The number of nitrogens with one attached hydrogen (secondary N) is 2. The molecule has 4 nitrogen and oxygen atoms in total. The summed E-state index contributed by atoms with van der Waals surface area (Å²) in [6, 6.07) is 7.56. The van der Waals surface area contributed by atoms with Crippen LogP contribution in [0.4, 0.5) is 5.69 Å². The van der Waals surface area contributed by atoms with Crippen molar-refractivity contribution in [1.82, 2.24) is 4.98 Å². The molecule has 2 N–H and O–H groups in total. The van der Waals surface area contributed by atoms with Crippen LogP contribution in [0.5, 0.6) is 0 Å². The van der Waals surface area contributed by atoms with E-state index >= 15 is 0 Å². The normalized spacial score (nSPS) is 13.8. The fraction of sp³-hybridized carbons (Fsp3) is 0.231. The van der Waals surface area contributed by atoms with Gasteiger partial charge in [-0.25, -0.2) is 0 Å². The Morgan fingerprint density at radius 3 is 3.00 bits per heavy atom. The maximum atomic E-state index is 11.5. The number of nitrogens with zero attached hydrogens (tertiary/aromatic N) is 1. The van der Waals surface area contributed by atoms with E-state index in [1.165, 1.54) is 5.56 Å². The van der Waals surface area contributed by atoms with Crippen LogP contribution in [-0.2, 0) is 6.42 Å². The van der Waals surface area contributed by atoms with E-state index in [9.17, 15) is 4.79 Å². The van der Waals surface area contributed by atoms with Gasteiger partial charge in [0.2, 0.25) is 0 Å². The first-order valence-corrected chi connectivity index (χ1v) is 5.62. The van der Waals surface area contributed by atoms with Crippen LogP contribution in [0.25, 0.3) is 10.9 Å². The lowest BCUT2D eigenvalue weighted by Crippen LogP contribution is -2.13. The molecule has 3 rings (SSSR count). The van der Waals surface area contributed by atoms with Crippen molar-refractivity contribution in [2.75, 3.05) is 11.9 Å². The minimum atomic E-state index is -0.323. The predicted octanol–water partition coefficient (Wildman–Crippen LogP) is 1.76. The van der Waals surface area contributed by atoms with Gasteiger partial charge in [0, 0.05) is 12.2 Å². The zero-order valence-corrected chi connectivity index (χ0v) is 9.21. The van der Waals surface area contributed by atoms with Gasteiger partial charge in [0.25, 0.3) is 5.56 Å². The highest BCUT2D eigenvalue weighted by Gasteiger charge is 2.11. The zero-order valence-electron chi connectivity index (χ0n) is 9.21. The highest BCUT2D eigenvalue weighted by Crippen LogP contribution is 2.26. The van der Waals surface area contributed by atoms with E-state index in [0.29, 0.717) is 0 Å². The number of H-pyrrole nitrogens is 1. The summed E-state index contributed by atoms with van der Waals surface area (Å²) < 4.78 is 0. The van der Waals surface area contributed by atoms with E-state index in [1.54, 1.807) is 6.07 Å². The first kappa shape index (κ1) is 9.91. The van der Waals surface area contributed by atoms with Gasteiger partial charge in [-0.15, -0.1) is 0 Å². The van der Waals surface area contributed by atoms with E-state index < -0.39 is 0 Å². The minimum absolute atomic E-state index is 0.168. The molecule has 0 saturated heterocycles. The third-order valence-electron chi connectivity index (χ3n) is 3.13. The average molecular weight is 225 g/mol. The SMILES string of the molecule is N#Cc1cc2cc3c(cc2[nH]c1=O)NCCC3. The van der Waals surface area contributed by atoms with Crippen LogP contribution in [0.1, 0.15) is 17.5 Å². The van der Waals surface area contributed by atoms with Gasteiger partial charge in [0.1, 0.15) is 11.6 Å². The average Bonchev–Trinajstić information content (AvgIpc) is 2.35. The Balaban J connectivity index is 2.31. The first-order valence-electron chi connectivity index (χ1n) is 5.62. The summed E-state index contributed by atoms with van der Waals surface area (Å²) in [5.74, 6) is 0. The molecule has 1 aromatic heterocycles. The molecule has 1 aromatic carbocycles. The largest absolute Gasteiger partial charge is 0.385 e. The van der Waals surface area contributed by atoms with Crippen molar-refractivity contribution in [3.8, 4) is 6.07 Å². The van der Waals surface area contributed by atoms with Gasteiger partial charge in [0.05, 0.1) is 5.52 Å². The predicted molar refractivity (Wildman–Crippen MR) is 66.1 cm³/mol. The topological polar surface area (TPSA) is 68.7 Å². The monoisotopic (exact) mass is 225 g/mol. The smallest absolute Gasteiger partial charge is 0.266 e. The highest BCUT2D eigenvalue weighted by molar-refractivity contribution is 5.85. The number of fused-ring (bicyclic) bond motifs is 2. The van der Waals surface area contributed by atoms with Crippen LogP contribution in [0, 0.1) is 11.3 Å². The number of aryl methyl sites for hydroxylation is 1. The molecule has 1 aliphatic heterocycles. The Morgan fingerprint density at radius 2 is 2.18 bits per heavy atom. The third kappa shape index (κ3) is 1.56. The summed E-state index contributed by atoms with van der Waals surface area (Å²) in [6.07, 6.45) is 2.16. The maximum absolute atomic E-state index is 11.5. The van der Waals surface area contributed by atoms with Crippen LogP contribution in [0.15, 0.2) is 23.0 Å². The van der Waals surface area contributed by atoms with Crippen molar-refractivity contribution in [2.45, 2.75) is 12.8 Å². The maximum Gasteiger partial charge on any atom is 0.266 e. The number of hydrogen-bond acceptors (Lipinski definition) is 3. The molecule has 0 bridgehead atoms. The van der Waals surface area contributed by atoms with E-state index in [-0.39, 0.29) is 11.1 Å². The van der Waals surface area contributed by atoms with Gasteiger partial charge in [-0.3, -0.25) is 4.79 Å². The van der Waals surface area contributed by atoms with E-state index in [2.05, 4.69) is 10.3 Å². The molecule has 4 heteroatoms. The van der Waals surface area contributed by atoms with Crippen molar-refractivity contribution in [3.63, 3.8) is 0 Å². The second-order valence-electron chi connectivity index (χ2n) is 4.25. The summed E-state index contributed by atoms with van der Waals surface area (Å²) in [5, 5.41) is 13.1. The molecule has 0 atom stereocenters. The molecule has 0 fully saturated rings. The standard InChI is InChI=1S/C13H11N3O/c14-7-10-5-9-4-8-2-1-3-15-11(8)6-12(9)16-13(10)17/h4-6,15H,1-3H2,(H,16,17). The molecule has 0 aliphatic carbocycles. The fourth-order valence-corrected chi connectivity index (χ4v) is 2.26. The van der Waals surface area contributed by atoms with Crippen LogP contribution in [0.3, 0.4) is 0 Å². The fourth-order valence-electron chi connectivity index (χ4n) is 2.26. The Labute approximate surface area is 97.9 Å². The molecule has 2 aromatic rings. The van der Waals surface area contributed by atoms with Crippen molar-refractivity contribution in [1.29, 1.82) is 5.26 Å². The number of aromatic amines is 1. The number of pyridine rings is 1. The van der Waals surface area contributed by atoms with Crippen LogP contribution in [-0.4, -0.2) is 11.5 Å². The summed E-state index contributed by atoms with van der Waals surface area (Å²) in [7, 11) is 0. The lowest BCUT2D eigenvalue weighted by Gasteiger charge is -2.18. The summed E-state index contributed by atoms with van der Waals surface area (Å²) in [4.78, 5) is 14.3. The van der Waals surface area contributed by atoms with Gasteiger partial charge in [-0.1, -0.05) is 0 Å². The van der Waals surface area contributed by atoms with Crippen LogP contribution < -0.4 is 10.9 Å². The van der Waals surface area contributed by atoms with Crippen molar-refractivity contribution in [3.05, 3.63) is 39.7 Å². The molecule has 2 heterocycles. The first-order chi connectivity index (χ1) is 8.28. The number of anilines is 1. The van der Waals surface area contributed by atoms with Crippen molar-refractivity contribution < 1.29 is 0 Å². The molecular formula is C13H11N3O. The van der Waals surface area contributed by atoms with Gasteiger partial charge in [0.15, 0.2) is 0 Å². The number of rotatable bonds is 0. The molecule has 0 unspecified atom stereocenters.